The lowest BCUT2D eigenvalue weighted by Gasteiger charge is -2.29. The Labute approximate surface area is 168 Å². The molecule has 0 radical (unpaired) electrons. The highest BCUT2D eigenvalue weighted by Gasteiger charge is 2.28. The highest BCUT2D eigenvalue weighted by Crippen LogP contribution is 2.28. The number of imidazole rings is 1. The van der Waals surface area contributed by atoms with Gasteiger partial charge in [-0.2, -0.15) is 5.10 Å². The molecule has 1 saturated carbocycles. The summed E-state index contributed by atoms with van der Waals surface area (Å²) in [6.45, 7) is 0. The van der Waals surface area contributed by atoms with Crippen LogP contribution in [0.3, 0.4) is 0 Å². The molecule has 9 nitrogen and oxygen atoms in total. The molecule has 1 aliphatic rings. The van der Waals surface area contributed by atoms with Crippen molar-refractivity contribution >= 4 is 10.0 Å². The number of aromatic nitrogens is 5. The van der Waals surface area contributed by atoms with E-state index in [1.165, 1.54) is 23.3 Å². The third-order valence-corrected chi connectivity index (χ3v) is 6.51. The molecule has 0 bridgehead atoms. The van der Waals surface area contributed by atoms with Crippen molar-refractivity contribution in [2.45, 2.75) is 42.8 Å². The second kappa shape index (κ2) is 7.88. The molecule has 0 aromatic carbocycles. The van der Waals surface area contributed by atoms with Crippen LogP contribution in [0.15, 0.2) is 59.0 Å². The molecule has 29 heavy (non-hydrogen) atoms. The smallest absolute Gasteiger partial charge is 0.267 e. The zero-order valence-electron chi connectivity index (χ0n) is 16.0. The predicted octanol–water partition coefficient (Wildman–Crippen LogP) is 1.50. The second-order valence-corrected chi connectivity index (χ2v) is 8.91. The molecule has 152 valence electrons. The van der Waals surface area contributed by atoms with Crippen LogP contribution in [-0.2, 0) is 17.1 Å². The fourth-order valence-electron chi connectivity index (χ4n) is 3.60. The zero-order chi connectivity index (χ0) is 20.4. The van der Waals surface area contributed by atoms with Gasteiger partial charge in [0.1, 0.15) is 0 Å². The van der Waals surface area contributed by atoms with Crippen molar-refractivity contribution in [2.24, 2.45) is 7.05 Å². The Bertz CT molecular complexity index is 1150. The Balaban J connectivity index is 1.45. The molecule has 0 spiro atoms. The fraction of sp³-hybridized carbons (Fsp3) is 0.368. The van der Waals surface area contributed by atoms with Crippen molar-refractivity contribution in [3.63, 3.8) is 0 Å². The van der Waals surface area contributed by atoms with Crippen molar-refractivity contribution in [3.8, 4) is 11.3 Å². The summed E-state index contributed by atoms with van der Waals surface area (Å²) in [4.78, 5) is 20.4. The van der Waals surface area contributed by atoms with Crippen LogP contribution in [0.1, 0.15) is 31.7 Å². The van der Waals surface area contributed by atoms with Crippen molar-refractivity contribution in [1.82, 2.24) is 29.0 Å². The molecule has 4 rings (SSSR count). The van der Waals surface area contributed by atoms with Gasteiger partial charge in [-0.05, 0) is 43.9 Å². The van der Waals surface area contributed by atoms with Crippen LogP contribution < -0.4 is 10.3 Å². The summed E-state index contributed by atoms with van der Waals surface area (Å²) < 4.78 is 30.8. The van der Waals surface area contributed by atoms with Crippen molar-refractivity contribution in [2.75, 3.05) is 0 Å². The van der Waals surface area contributed by atoms with Crippen molar-refractivity contribution in [3.05, 3.63) is 59.5 Å². The minimum Gasteiger partial charge on any atom is -0.339 e. The van der Waals surface area contributed by atoms with Gasteiger partial charge in [-0.1, -0.05) is 0 Å². The Morgan fingerprint density at radius 1 is 1.14 bits per heavy atom. The summed E-state index contributed by atoms with van der Waals surface area (Å²) in [6, 6.07) is 6.69. The number of hydrogen-bond donors (Lipinski definition) is 1. The molecule has 0 aliphatic heterocycles. The molecule has 10 heteroatoms. The molecule has 0 atom stereocenters. The second-order valence-electron chi connectivity index (χ2n) is 7.25. The number of sulfonamides is 1. The average molecular weight is 414 g/mol. The molecule has 1 N–H and O–H groups in total. The molecule has 1 fully saturated rings. The first-order chi connectivity index (χ1) is 13.9. The molecule has 3 aromatic rings. The maximum atomic E-state index is 12.5. The molecular formula is C19H22N6O3S. The van der Waals surface area contributed by atoms with Crippen LogP contribution >= 0.6 is 0 Å². The minimum atomic E-state index is -3.65. The number of aryl methyl sites for hydroxylation is 1. The molecule has 3 heterocycles. The van der Waals surface area contributed by atoms with Crippen LogP contribution in [0.25, 0.3) is 11.3 Å². The van der Waals surface area contributed by atoms with Crippen molar-refractivity contribution in [1.29, 1.82) is 0 Å². The van der Waals surface area contributed by atoms with Gasteiger partial charge < -0.3 is 4.57 Å². The fourth-order valence-corrected chi connectivity index (χ4v) is 4.89. The van der Waals surface area contributed by atoms with Gasteiger partial charge in [-0.15, -0.1) is 0 Å². The molecule has 0 unspecified atom stereocenters. The summed E-state index contributed by atoms with van der Waals surface area (Å²) in [5.41, 5.74) is 1.38. The maximum absolute atomic E-state index is 12.5. The highest BCUT2D eigenvalue weighted by molar-refractivity contribution is 7.89. The van der Waals surface area contributed by atoms with E-state index in [1.807, 2.05) is 12.1 Å². The van der Waals surface area contributed by atoms with Crippen LogP contribution in [0.2, 0.25) is 0 Å². The molecule has 0 amide bonds. The quantitative estimate of drug-likeness (QED) is 0.677. The van der Waals surface area contributed by atoms with Gasteiger partial charge in [0.25, 0.3) is 15.6 Å². The van der Waals surface area contributed by atoms with Gasteiger partial charge >= 0.3 is 0 Å². The average Bonchev–Trinajstić information content (AvgIpc) is 3.17. The molecular weight excluding hydrogens is 392 g/mol. The van der Waals surface area contributed by atoms with Crippen LogP contribution in [-0.4, -0.2) is 38.8 Å². The van der Waals surface area contributed by atoms with Gasteiger partial charge in [0, 0.05) is 43.3 Å². The van der Waals surface area contributed by atoms with Crippen molar-refractivity contribution < 1.29 is 8.42 Å². The summed E-state index contributed by atoms with van der Waals surface area (Å²) >= 11 is 0. The lowest BCUT2D eigenvalue weighted by atomic mass is 9.92. The lowest BCUT2D eigenvalue weighted by molar-refractivity contribution is 0.286. The van der Waals surface area contributed by atoms with Gasteiger partial charge in [0.05, 0.1) is 18.1 Å². The minimum absolute atomic E-state index is 0.0178. The van der Waals surface area contributed by atoms with E-state index in [0.29, 0.717) is 31.4 Å². The van der Waals surface area contributed by atoms with Crippen LogP contribution in [0.5, 0.6) is 0 Å². The third-order valence-electron chi connectivity index (χ3n) is 5.10. The largest absolute Gasteiger partial charge is 0.339 e. The first-order valence-electron chi connectivity index (χ1n) is 9.43. The molecule has 0 saturated heterocycles. The highest BCUT2D eigenvalue weighted by atomic mass is 32.2. The Kier molecular flexibility index (Phi) is 5.29. The Hall–Kier alpha value is -2.85. The number of hydrogen-bond acceptors (Lipinski definition) is 6. The van der Waals surface area contributed by atoms with Crippen LogP contribution in [0, 0.1) is 0 Å². The molecule has 1 aliphatic carbocycles. The van der Waals surface area contributed by atoms with E-state index in [0.717, 1.165) is 5.56 Å². The first-order valence-corrected chi connectivity index (χ1v) is 10.9. The topological polar surface area (TPSA) is 112 Å². The van der Waals surface area contributed by atoms with E-state index in [2.05, 4.69) is 19.8 Å². The summed E-state index contributed by atoms with van der Waals surface area (Å²) in [5, 5.41) is 4.55. The SMILES string of the molecule is Cn1cnc(S(=O)(=O)NC2CCC(n3nc(-c4cccnc4)ccc3=O)CC2)c1. The summed E-state index contributed by atoms with van der Waals surface area (Å²) in [6.07, 6.45) is 8.91. The molecule has 3 aromatic heterocycles. The van der Waals surface area contributed by atoms with Gasteiger partial charge in [-0.3, -0.25) is 9.78 Å². The predicted molar refractivity (Wildman–Crippen MR) is 107 cm³/mol. The number of rotatable bonds is 5. The van der Waals surface area contributed by atoms with E-state index >= 15 is 0 Å². The monoisotopic (exact) mass is 414 g/mol. The van der Waals surface area contributed by atoms with Crippen LogP contribution in [0.4, 0.5) is 0 Å². The summed E-state index contributed by atoms with van der Waals surface area (Å²) in [7, 11) is -1.92. The summed E-state index contributed by atoms with van der Waals surface area (Å²) in [5.74, 6) is 0. The van der Waals surface area contributed by atoms with Gasteiger partial charge in [0.2, 0.25) is 0 Å². The zero-order valence-corrected chi connectivity index (χ0v) is 16.8. The number of pyridine rings is 1. The Morgan fingerprint density at radius 3 is 2.59 bits per heavy atom. The third kappa shape index (κ3) is 4.28. The maximum Gasteiger partial charge on any atom is 0.267 e. The van der Waals surface area contributed by atoms with E-state index in [9.17, 15) is 13.2 Å². The van der Waals surface area contributed by atoms with E-state index in [4.69, 9.17) is 0 Å². The normalized spacial score (nSPS) is 19.9. The van der Waals surface area contributed by atoms with E-state index in [-0.39, 0.29) is 22.7 Å². The van der Waals surface area contributed by atoms with Gasteiger partial charge in [-0.25, -0.2) is 22.8 Å². The standard InChI is InChI=1S/C19H22N6O3S/c1-24-12-18(21-13-24)29(27,28)23-15-4-6-16(7-5-15)25-19(26)9-8-17(22-25)14-3-2-10-20-11-14/h2-3,8-13,15-16,23H,4-7H2,1H3. The first kappa shape index (κ1) is 19.5. The lowest BCUT2D eigenvalue weighted by Crippen LogP contribution is -2.39. The van der Waals surface area contributed by atoms with E-state index in [1.54, 1.807) is 30.1 Å². The number of nitrogens with one attached hydrogen (secondary N) is 1. The number of nitrogens with zero attached hydrogens (tertiary/aromatic N) is 5. The van der Waals surface area contributed by atoms with Gasteiger partial charge in [0.15, 0.2) is 5.03 Å². The Morgan fingerprint density at radius 2 is 1.93 bits per heavy atom. The van der Waals surface area contributed by atoms with E-state index < -0.39 is 10.0 Å².